The number of carbonyl (C=O) groups is 1. The van der Waals surface area contributed by atoms with Crippen LogP contribution in [-0.2, 0) is 6.54 Å². The molecule has 2 N–H and O–H groups in total. The molecule has 2 aromatic rings. The summed E-state index contributed by atoms with van der Waals surface area (Å²) in [5.41, 5.74) is 2.77. The van der Waals surface area contributed by atoms with Crippen LogP contribution in [0.1, 0.15) is 21.5 Å². The van der Waals surface area contributed by atoms with Gasteiger partial charge in [-0.3, -0.25) is 0 Å². The molecule has 0 spiro atoms. The van der Waals surface area contributed by atoms with E-state index >= 15 is 0 Å². The highest BCUT2D eigenvalue weighted by Crippen LogP contribution is 2.11. The molecule has 0 saturated heterocycles. The third-order valence-electron chi connectivity index (χ3n) is 3.06. The van der Waals surface area contributed by atoms with E-state index in [1.807, 2.05) is 6.07 Å². The van der Waals surface area contributed by atoms with Crippen molar-refractivity contribution in [3.05, 3.63) is 65.2 Å². The number of benzene rings is 2. The maximum Gasteiger partial charge on any atom is 0.335 e. The Morgan fingerprint density at radius 3 is 2.62 bits per heavy atom. The molecule has 0 fully saturated rings. The predicted molar refractivity (Wildman–Crippen MR) is 81.8 cm³/mol. The Morgan fingerprint density at radius 2 is 1.95 bits per heavy atom. The molecular formula is C17H19NO3. The van der Waals surface area contributed by atoms with Gasteiger partial charge in [0, 0.05) is 13.1 Å². The van der Waals surface area contributed by atoms with Gasteiger partial charge in [0.25, 0.3) is 0 Å². The highest BCUT2D eigenvalue weighted by atomic mass is 16.5. The van der Waals surface area contributed by atoms with E-state index in [2.05, 4.69) is 30.4 Å². The Hall–Kier alpha value is -2.33. The van der Waals surface area contributed by atoms with E-state index in [1.165, 1.54) is 23.3 Å². The van der Waals surface area contributed by atoms with Crippen molar-refractivity contribution in [2.45, 2.75) is 13.5 Å². The van der Waals surface area contributed by atoms with Crippen molar-refractivity contribution in [2.24, 2.45) is 0 Å². The second-order valence-corrected chi connectivity index (χ2v) is 4.84. The van der Waals surface area contributed by atoms with Gasteiger partial charge in [-0.15, -0.1) is 0 Å². The molecule has 4 nitrogen and oxygen atoms in total. The number of hydrogen-bond donors (Lipinski definition) is 2. The second-order valence-electron chi connectivity index (χ2n) is 4.84. The number of nitrogens with one attached hydrogen (secondary N) is 1. The monoisotopic (exact) mass is 285 g/mol. The van der Waals surface area contributed by atoms with E-state index in [0.29, 0.717) is 12.4 Å². The molecule has 0 saturated carbocycles. The van der Waals surface area contributed by atoms with Gasteiger partial charge in [0.1, 0.15) is 12.4 Å². The zero-order valence-electron chi connectivity index (χ0n) is 12.0. The van der Waals surface area contributed by atoms with Gasteiger partial charge in [-0.25, -0.2) is 4.79 Å². The van der Waals surface area contributed by atoms with Crippen LogP contribution in [0.2, 0.25) is 0 Å². The van der Waals surface area contributed by atoms with E-state index in [0.717, 1.165) is 13.1 Å². The maximum atomic E-state index is 10.7. The van der Waals surface area contributed by atoms with Crippen molar-refractivity contribution in [2.75, 3.05) is 13.2 Å². The van der Waals surface area contributed by atoms with Gasteiger partial charge >= 0.3 is 5.97 Å². The Labute approximate surface area is 124 Å². The summed E-state index contributed by atoms with van der Waals surface area (Å²) >= 11 is 0. The Morgan fingerprint density at radius 1 is 1.19 bits per heavy atom. The highest BCUT2D eigenvalue weighted by molar-refractivity contribution is 5.87. The second kappa shape index (κ2) is 7.45. The Kier molecular flexibility index (Phi) is 5.35. The van der Waals surface area contributed by atoms with Crippen molar-refractivity contribution >= 4 is 5.97 Å². The Bertz CT molecular complexity index is 593. The van der Waals surface area contributed by atoms with Gasteiger partial charge in [-0.2, -0.15) is 0 Å². The zero-order valence-corrected chi connectivity index (χ0v) is 12.0. The van der Waals surface area contributed by atoms with Gasteiger partial charge in [0.2, 0.25) is 0 Å². The fourth-order valence-corrected chi connectivity index (χ4v) is 1.99. The summed E-state index contributed by atoms with van der Waals surface area (Å²) in [5, 5.41) is 12.1. The predicted octanol–water partition coefficient (Wildman–Crippen LogP) is 2.86. The third-order valence-corrected chi connectivity index (χ3v) is 3.06. The number of aryl methyl sites for hydroxylation is 1. The molecule has 2 aromatic carbocycles. The van der Waals surface area contributed by atoms with E-state index in [9.17, 15) is 4.79 Å². The quantitative estimate of drug-likeness (QED) is 0.768. The SMILES string of the molecule is Cc1cccc(CNCCOc2ccc(C(=O)O)cc2)c1. The summed E-state index contributed by atoms with van der Waals surface area (Å²) in [4.78, 5) is 10.7. The topological polar surface area (TPSA) is 58.6 Å². The summed E-state index contributed by atoms with van der Waals surface area (Å²) in [7, 11) is 0. The van der Waals surface area contributed by atoms with Crippen LogP contribution in [0.3, 0.4) is 0 Å². The molecule has 0 atom stereocenters. The number of carboxylic acids is 1. The van der Waals surface area contributed by atoms with Crippen LogP contribution in [0.25, 0.3) is 0 Å². The molecule has 0 aliphatic heterocycles. The summed E-state index contributed by atoms with van der Waals surface area (Å²) in [5.74, 6) is -0.251. The molecule has 0 bridgehead atoms. The molecule has 4 heteroatoms. The van der Waals surface area contributed by atoms with Crippen LogP contribution in [0, 0.1) is 6.92 Å². The molecule has 21 heavy (non-hydrogen) atoms. The Balaban J connectivity index is 1.69. The first kappa shape index (κ1) is 15.1. The summed E-state index contributed by atoms with van der Waals surface area (Å²) in [6, 6.07) is 14.8. The molecule has 0 aromatic heterocycles. The van der Waals surface area contributed by atoms with Gasteiger partial charge in [0.05, 0.1) is 5.56 Å². The maximum absolute atomic E-state index is 10.7. The van der Waals surface area contributed by atoms with Crippen molar-refractivity contribution in [3.63, 3.8) is 0 Å². The standard InChI is InChI=1S/C17H19NO3/c1-13-3-2-4-14(11-13)12-18-9-10-21-16-7-5-15(6-8-16)17(19)20/h2-8,11,18H,9-10,12H2,1H3,(H,19,20). The number of aromatic carboxylic acids is 1. The van der Waals surface area contributed by atoms with Crippen LogP contribution in [0.15, 0.2) is 48.5 Å². The first-order valence-electron chi connectivity index (χ1n) is 6.87. The van der Waals surface area contributed by atoms with Gasteiger partial charge in [-0.05, 0) is 36.8 Å². The molecule has 0 heterocycles. The van der Waals surface area contributed by atoms with Crippen molar-refractivity contribution in [1.29, 1.82) is 0 Å². The van der Waals surface area contributed by atoms with E-state index in [4.69, 9.17) is 9.84 Å². The van der Waals surface area contributed by atoms with Crippen molar-refractivity contribution in [3.8, 4) is 5.75 Å². The summed E-state index contributed by atoms with van der Waals surface area (Å²) < 4.78 is 5.55. The minimum Gasteiger partial charge on any atom is -0.492 e. The van der Waals surface area contributed by atoms with Crippen molar-refractivity contribution < 1.29 is 14.6 Å². The lowest BCUT2D eigenvalue weighted by molar-refractivity contribution is 0.0697. The zero-order chi connectivity index (χ0) is 15.1. The van der Waals surface area contributed by atoms with E-state index in [1.54, 1.807) is 12.1 Å². The van der Waals surface area contributed by atoms with Gasteiger partial charge in [0.15, 0.2) is 0 Å². The molecule has 0 unspecified atom stereocenters. The van der Waals surface area contributed by atoms with Crippen molar-refractivity contribution in [1.82, 2.24) is 5.32 Å². The minimum absolute atomic E-state index is 0.264. The molecule has 0 aliphatic rings. The lowest BCUT2D eigenvalue weighted by Gasteiger charge is -2.08. The lowest BCUT2D eigenvalue weighted by Crippen LogP contribution is -2.20. The van der Waals surface area contributed by atoms with Crippen LogP contribution >= 0.6 is 0 Å². The fraction of sp³-hybridized carbons (Fsp3) is 0.235. The molecule has 110 valence electrons. The summed E-state index contributed by atoms with van der Waals surface area (Å²) in [6.45, 7) is 4.16. The van der Waals surface area contributed by atoms with Crippen LogP contribution in [0.5, 0.6) is 5.75 Å². The molecule has 0 amide bonds. The number of rotatable bonds is 7. The first-order chi connectivity index (χ1) is 10.1. The van der Waals surface area contributed by atoms with E-state index < -0.39 is 5.97 Å². The molecular weight excluding hydrogens is 266 g/mol. The van der Waals surface area contributed by atoms with Crippen LogP contribution in [-0.4, -0.2) is 24.2 Å². The molecule has 0 aliphatic carbocycles. The normalized spacial score (nSPS) is 10.3. The van der Waals surface area contributed by atoms with Crippen LogP contribution < -0.4 is 10.1 Å². The van der Waals surface area contributed by atoms with Gasteiger partial charge < -0.3 is 15.2 Å². The molecule has 0 radical (unpaired) electrons. The average Bonchev–Trinajstić information content (AvgIpc) is 2.47. The largest absolute Gasteiger partial charge is 0.492 e. The third kappa shape index (κ3) is 4.93. The number of hydrogen-bond acceptors (Lipinski definition) is 3. The van der Waals surface area contributed by atoms with Crippen LogP contribution in [0.4, 0.5) is 0 Å². The van der Waals surface area contributed by atoms with Gasteiger partial charge in [-0.1, -0.05) is 29.8 Å². The smallest absolute Gasteiger partial charge is 0.335 e. The number of ether oxygens (including phenoxy) is 1. The van der Waals surface area contributed by atoms with E-state index in [-0.39, 0.29) is 5.56 Å². The highest BCUT2D eigenvalue weighted by Gasteiger charge is 2.01. The lowest BCUT2D eigenvalue weighted by atomic mass is 10.1. The number of carboxylic acid groups (broad SMARTS) is 1. The fourth-order valence-electron chi connectivity index (χ4n) is 1.99. The minimum atomic E-state index is -0.929. The first-order valence-corrected chi connectivity index (χ1v) is 6.87. The summed E-state index contributed by atoms with van der Waals surface area (Å²) in [6.07, 6.45) is 0. The average molecular weight is 285 g/mol. The molecule has 2 rings (SSSR count).